The highest BCUT2D eigenvalue weighted by Crippen LogP contribution is 2.31. The van der Waals surface area contributed by atoms with E-state index in [1.807, 2.05) is 73.7 Å². The fraction of sp³-hybridized carbons (Fsp3) is 0.103. The molecule has 0 saturated carbocycles. The summed E-state index contributed by atoms with van der Waals surface area (Å²) in [5.74, 6) is 1.10. The van der Waals surface area contributed by atoms with E-state index in [-0.39, 0.29) is 5.91 Å². The van der Waals surface area contributed by atoms with Crippen LogP contribution >= 0.6 is 0 Å². The molecule has 1 aliphatic heterocycles. The number of hydrogen-bond donors (Lipinski definition) is 0. The maximum absolute atomic E-state index is 13.0. The maximum atomic E-state index is 13.0. The zero-order valence-electron chi connectivity index (χ0n) is 19.1. The molecule has 0 fully saturated rings. The molecule has 0 N–H and O–H groups in total. The van der Waals surface area contributed by atoms with Crippen LogP contribution in [0, 0.1) is 0 Å². The highest BCUT2D eigenvalue weighted by atomic mass is 16.5. The second kappa shape index (κ2) is 9.24. The summed E-state index contributed by atoms with van der Waals surface area (Å²) < 4.78 is 11.6. The van der Waals surface area contributed by atoms with E-state index in [1.54, 1.807) is 7.11 Å². The molecule has 5 heteroatoms. The molecule has 0 aromatic heterocycles. The predicted molar refractivity (Wildman–Crippen MR) is 136 cm³/mol. The average Bonchev–Trinajstić information content (AvgIpc) is 3.16. The Labute approximate surface area is 198 Å². The smallest absolute Gasteiger partial charge is 0.280 e. The average molecular weight is 449 g/mol. The first-order valence-corrected chi connectivity index (χ1v) is 11.1. The van der Waals surface area contributed by atoms with Crippen LogP contribution in [0.15, 0.2) is 102 Å². The molecule has 5 rings (SSSR count). The van der Waals surface area contributed by atoms with Gasteiger partial charge in [0.2, 0.25) is 0 Å². The topological polar surface area (TPSA) is 51.1 Å². The summed E-state index contributed by atoms with van der Waals surface area (Å²) in [6, 6.07) is 29.6. The molecule has 4 aromatic rings. The van der Waals surface area contributed by atoms with Crippen LogP contribution in [0.4, 0.5) is 5.69 Å². The Kier molecular flexibility index (Phi) is 5.83. The Hall–Kier alpha value is -4.38. The molecule has 1 aliphatic rings. The van der Waals surface area contributed by atoms with Gasteiger partial charge < -0.3 is 9.47 Å². The van der Waals surface area contributed by atoms with Gasteiger partial charge in [-0.25, -0.2) is 0 Å². The summed E-state index contributed by atoms with van der Waals surface area (Å²) in [4.78, 5) is 13.0. The molecular weight excluding hydrogens is 424 g/mol. The van der Waals surface area contributed by atoms with Crippen LogP contribution in [0.2, 0.25) is 0 Å². The Balaban J connectivity index is 1.35. The number of carbonyl (C=O) groups is 1. The monoisotopic (exact) mass is 448 g/mol. The summed E-state index contributed by atoms with van der Waals surface area (Å²) in [7, 11) is 1.61. The van der Waals surface area contributed by atoms with E-state index >= 15 is 0 Å². The van der Waals surface area contributed by atoms with E-state index < -0.39 is 0 Å². The molecule has 0 saturated heterocycles. The van der Waals surface area contributed by atoms with Crippen LogP contribution < -0.4 is 14.5 Å². The first-order chi connectivity index (χ1) is 16.6. The van der Waals surface area contributed by atoms with Crippen LogP contribution in [-0.2, 0) is 11.4 Å². The van der Waals surface area contributed by atoms with Gasteiger partial charge in [-0.15, -0.1) is 0 Å². The number of para-hydroxylation sites is 1. The molecule has 4 aromatic carbocycles. The first-order valence-electron chi connectivity index (χ1n) is 11.1. The maximum Gasteiger partial charge on any atom is 0.280 e. The quantitative estimate of drug-likeness (QED) is 0.328. The highest BCUT2D eigenvalue weighted by Gasteiger charge is 2.28. The number of methoxy groups -OCH3 is 1. The van der Waals surface area contributed by atoms with Crippen molar-refractivity contribution < 1.29 is 14.3 Å². The molecule has 34 heavy (non-hydrogen) atoms. The normalized spacial score (nSPS) is 14.5. The van der Waals surface area contributed by atoms with Crippen molar-refractivity contribution in [1.29, 1.82) is 0 Å². The van der Waals surface area contributed by atoms with Gasteiger partial charge in [0.05, 0.1) is 24.1 Å². The van der Waals surface area contributed by atoms with Crippen LogP contribution in [0.5, 0.6) is 11.5 Å². The standard InChI is InChI=1S/C29H24N2O3/c1-20-26(29(32)31(30-20)25-10-4-3-5-11-25)17-21-13-15-27(28(18-21)33-2)34-19-22-12-14-23-8-6-7-9-24(23)16-22/h3-18H,19H2,1-2H3/b26-17+. The van der Waals surface area contributed by atoms with E-state index in [9.17, 15) is 4.79 Å². The largest absolute Gasteiger partial charge is 0.493 e. The Morgan fingerprint density at radius 3 is 2.41 bits per heavy atom. The van der Waals surface area contributed by atoms with Crippen molar-refractivity contribution in [1.82, 2.24) is 0 Å². The zero-order chi connectivity index (χ0) is 23.5. The van der Waals surface area contributed by atoms with Crippen molar-refractivity contribution in [3.05, 3.63) is 108 Å². The highest BCUT2D eigenvalue weighted by molar-refractivity contribution is 6.32. The second-order valence-electron chi connectivity index (χ2n) is 8.08. The van der Waals surface area contributed by atoms with Crippen LogP contribution in [-0.4, -0.2) is 18.7 Å². The molecule has 1 heterocycles. The van der Waals surface area contributed by atoms with Gasteiger partial charge >= 0.3 is 0 Å². The lowest BCUT2D eigenvalue weighted by atomic mass is 10.1. The molecular formula is C29H24N2O3. The van der Waals surface area contributed by atoms with Crippen molar-refractivity contribution >= 4 is 34.2 Å². The van der Waals surface area contributed by atoms with Crippen molar-refractivity contribution in [2.24, 2.45) is 5.10 Å². The van der Waals surface area contributed by atoms with E-state index in [2.05, 4.69) is 35.4 Å². The zero-order valence-corrected chi connectivity index (χ0v) is 19.1. The summed E-state index contributed by atoms with van der Waals surface area (Å²) in [5, 5.41) is 8.25. The van der Waals surface area contributed by atoms with Crippen LogP contribution in [0.1, 0.15) is 18.1 Å². The SMILES string of the molecule is COc1cc(/C=C2/C(=O)N(c3ccccc3)N=C2C)ccc1OCc1ccc2ccccc2c1. The number of hydrogen-bond acceptors (Lipinski definition) is 4. The number of hydrazone groups is 1. The lowest BCUT2D eigenvalue weighted by molar-refractivity contribution is -0.114. The number of amides is 1. The van der Waals surface area contributed by atoms with Crippen LogP contribution in [0.3, 0.4) is 0 Å². The fourth-order valence-corrected chi connectivity index (χ4v) is 3.98. The minimum Gasteiger partial charge on any atom is -0.493 e. The third-order valence-electron chi connectivity index (χ3n) is 5.77. The van der Waals surface area contributed by atoms with Gasteiger partial charge in [-0.1, -0.05) is 60.7 Å². The van der Waals surface area contributed by atoms with Gasteiger partial charge in [-0.2, -0.15) is 10.1 Å². The van der Waals surface area contributed by atoms with Crippen molar-refractivity contribution in [3.8, 4) is 11.5 Å². The number of benzene rings is 4. The lowest BCUT2D eigenvalue weighted by Gasteiger charge is -2.12. The Bertz CT molecular complexity index is 1420. The number of nitrogens with zero attached hydrogens (tertiary/aromatic N) is 2. The molecule has 0 bridgehead atoms. The van der Waals surface area contributed by atoms with Crippen molar-refractivity contribution in [2.45, 2.75) is 13.5 Å². The first kappa shape index (κ1) is 21.5. The summed E-state index contributed by atoms with van der Waals surface area (Å²) in [6.07, 6.45) is 1.83. The van der Waals surface area contributed by atoms with E-state index in [0.29, 0.717) is 29.4 Å². The summed E-state index contributed by atoms with van der Waals surface area (Å²) in [5.41, 5.74) is 3.88. The minimum atomic E-state index is -0.153. The molecule has 0 aliphatic carbocycles. The van der Waals surface area contributed by atoms with Crippen molar-refractivity contribution in [2.75, 3.05) is 12.1 Å². The number of anilines is 1. The fourth-order valence-electron chi connectivity index (χ4n) is 3.98. The van der Waals surface area contributed by atoms with E-state index in [1.165, 1.54) is 15.8 Å². The molecule has 168 valence electrons. The minimum absolute atomic E-state index is 0.153. The van der Waals surface area contributed by atoms with Gasteiger partial charge in [0, 0.05) is 0 Å². The van der Waals surface area contributed by atoms with Crippen molar-refractivity contribution in [3.63, 3.8) is 0 Å². The molecule has 0 atom stereocenters. The van der Waals surface area contributed by atoms with Gasteiger partial charge in [-0.3, -0.25) is 4.79 Å². The molecule has 0 spiro atoms. The second-order valence-corrected chi connectivity index (χ2v) is 8.08. The number of fused-ring (bicyclic) bond motifs is 1. The summed E-state index contributed by atoms with van der Waals surface area (Å²) in [6.45, 7) is 2.27. The van der Waals surface area contributed by atoms with E-state index in [4.69, 9.17) is 9.47 Å². The van der Waals surface area contributed by atoms with Gasteiger partial charge in [0.1, 0.15) is 6.61 Å². The molecule has 1 amide bonds. The van der Waals surface area contributed by atoms with Gasteiger partial charge in [-0.05, 0) is 65.2 Å². The van der Waals surface area contributed by atoms with Gasteiger partial charge in [0.15, 0.2) is 11.5 Å². The molecule has 0 radical (unpaired) electrons. The molecule has 0 unspecified atom stereocenters. The lowest BCUT2D eigenvalue weighted by Crippen LogP contribution is -2.21. The Morgan fingerprint density at radius 2 is 1.62 bits per heavy atom. The Morgan fingerprint density at radius 1 is 0.853 bits per heavy atom. The molecule has 5 nitrogen and oxygen atoms in total. The number of carbonyl (C=O) groups excluding carboxylic acids is 1. The third-order valence-corrected chi connectivity index (χ3v) is 5.77. The summed E-state index contributed by atoms with van der Waals surface area (Å²) >= 11 is 0. The number of rotatable bonds is 6. The predicted octanol–water partition coefficient (Wildman–Crippen LogP) is 6.23. The van der Waals surface area contributed by atoms with Crippen LogP contribution in [0.25, 0.3) is 16.8 Å². The number of ether oxygens (including phenoxy) is 2. The van der Waals surface area contributed by atoms with E-state index in [0.717, 1.165) is 16.8 Å². The third kappa shape index (κ3) is 4.28. The van der Waals surface area contributed by atoms with Gasteiger partial charge in [0.25, 0.3) is 5.91 Å².